The summed E-state index contributed by atoms with van der Waals surface area (Å²) in [5.74, 6) is -3.74. The van der Waals surface area contributed by atoms with Gasteiger partial charge in [-0.25, -0.2) is 19.9 Å². The lowest BCUT2D eigenvalue weighted by Crippen LogP contribution is -2.49. The summed E-state index contributed by atoms with van der Waals surface area (Å²) >= 11 is 0. The van der Waals surface area contributed by atoms with Crippen LogP contribution in [0.4, 0.5) is 11.6 Å². The minimum Gasteiger partial charge on any atom is -0.354 e. The highest BCUT2D eigenvalue weighted by atomic mass is 16.2. The first-order valence-corrected chi connectivity index (χ1v) is 19.8. The Morgan fingerprint density at radius 1 is 0.803 bits per heavy atom. The molecule has 0 aliphatic heterocycles. The number of carbonyl (C=O) groups excluding carboxylic acids is 7. The van der Waals surface area contributed by atoms with E-state index in [1.165, 1.54) is 27.9 Å². The molecular weight excluding hydrogens is 793 g/mol. The number of H-pyrrole nitrogens is 1. The number of nitrogens with zero attached hydrogens (tertiary/aromatic N) is 6. The van der Waals surface area contributed by atoms with Crippen LogP contribution in [0.2, 0.25) is 0 Å². The Morgan fingerprint density at radius 2 is 1.44 bits per heavy atom. The minimum absolute atomic E-state index is 0.00744. The molecule has 1 fully saturated rings. The number of rotatable bonds is 23. The monoisotopic (exact) mass is 844 g/mol. The van der Waals surface area contributed by atoms with Gasteiger partial charge in [0, 0.05) is 97.0 Å². The van der Waals surface area contributed by atoms with E-state index in [0.29, 0.717) is 50.3 Å². The molecule has 0 spiro atoms. The first kappa shape index (κ1) is 45.1. The number of nitrogens with two attached hydrogens (primary N) is 1. The number of aromatic amines is 1. The highest BCUT2D eigenvalue weighted by Crippen LogP contribution is 2.38. The van der Waals surface area contributed by atoms with Crippen LogP contribution in [0.3, 0.4) is 0 Å². The van der Waals surface area contributed by atoms with E-state index < -0.39 is 41.5 Å². The third-order valence-corrected chi connectivity index (χ3v) is 9.31. The van der Waals surface area contributed by atoms with Crippen molar-refractivity contribution >= 4 is 53.0 Å². The van der Waals surface area contributed by atoms with Gasteiger partial charge in [-0.3, -0.25) is 33.6 Å². The molecule has 4 heterocycles. The van der Waals surface area contributed by atoms with E-state index in [4.69, 9.17) is 5.73 Å². The van der Waals surface area contributed by atoms with E-state index >= 15 is 0 Å². The van der Waals surface area contributed by atoms with Crippen LogP contribution in [0.5, 0.6) is 0 Å². The van der Waals surface area contributed by atoms with E-state index in [-0.39, 0.29) is 79.3 Å². The van der Waals surface area contributed by atoms with Crippen LogP contribution < -0.4 is 48.3 Å². The number of carbonyl (C=O) groups is 7. The summed E-state index contributed by atoms with van der Waals surface area (Å²) in [6, 6.07) is 4.06. The van der Waals surface area contributed by atoms with E-state index in [1.807, 2.05) is 6.92 Å². The fraction of sp³-hybridized carbons (Fsp3) is 0.447. The van der Waals surface area contributed by atoms with Crippen LogP contribution in [0, 0.1) is 11.8 Å². The molecule has 0 unspecified atom stereocenters. The lowest BCUT2D eigenvalue weighted by atomic mass is 10.1. The number of aryl methyl sites for hydroxylation is 2. The van der Waals surface area contributed by atoms with Gasteiger partial charge in [-0.1, -0.05) is 13.0 Å². The number of hydrogen-bond acceptors (Lipinski definition) is 13. The molecular formula is C38H52N16O7. The lowest BCUT2D eigenvalue weighted by molar-refractivity contribution is -0.127. The Balaban J connectivity index is 0.993. The molecule has 326 valence electrons. The van der Waals surface area contributed by atoms with Gasteiger partial charge in [-0.2, -0.15) is 0 Å². The minimum atomic E-state index is -0.973. The van der Waals surface area contributed by atoms with Gasteiger partial charge in [0.15, 0.2) is 11.6 Å². The van der Waals surface area contributed by atoms with E-state index in [9.17, 15) is 33.6 Å². The van der Waals surface area contributed by atoms with Crippen LogP contribution in [-0.4, -0.2) is 121 Å². The van der Waals surface area contributed by atoms with Crippen molar-refractivity contribution < 1.29 is 33.6 Å². The van der Waals surface area contributed by atoms with Gasteiger partial charge in [0.2, 0.25) is 35.3 Å². The summed E-state index contributed by atoms with van der Waals surface area (Å²) in [6.45, 7) is 3.67. The maximum absolute atomic E-state index is 13.2. The van der Waals surface area contributed by atoms with Crippen molar-refractivity contribution in [2.24, 2.45) is 31.7 Å². The quantitative estimate of drug-likeness (QED) is 0.0364. The normalized spacial score (nSPS) is 14.6. The van der Waals surface area contributed by atoms with Crippen molar-refractivity contribution in [1.82, 2.24) is 66.0 Å². The number of amides is 7. The molecule has 0 bridgehead atoms. The van der Waals surface area contributed by atoms with Crippen LogP contribution in [0.25, 0.3) is 0 Å². The Hall–Kier alpha value is -7.01. The SMILES string of the molecule is CCCC(=O)Nc1cn(C)c(C(=O)Nc2cn(C)c(C(=O)NCCNC(=O)[C@H]3C[C@@H]3C(=O)NCCNC(=O)[C@H](Cc3cnc[nH]3)NC(=O)c3cccc(CNCCN)n3)n2)n1. The molecule has 0 saturated heterocycles. The Bertz CT molecular complexity index is 2180. The molecule has 1 aliphatic carbocycles. The molecule has 23 nitrogen and oxygen atoms in total. The number of aromatic nitrogens is 7. The van der Waals surface area contributed by atoms with E-state index in [2.05, 4.69) is 67.5 Å². The summed E-state index contributed by atoms with van der Waals surface area (Å²) in [7, 11) is 3.19. The molecule has 61 heavy (non-hydrogen) atoms. The Kier molecular flexibility index (Phi) is 16.1. The number of pyridine rings is 1. The molecule has 3 atom stereocenters. The van der Waals surface area contributed by atoms with Gasteiger partial charge in [-0.05, 0) is 25.0 Å². The number of imidazole rings is 3. The predicted octanol–water partition coefficient (Wildman–Crippen LogP) is -1.93. The summed E-state index contributed by atoms with van der Waals surface area (Å²) < 4.78 is 2.88. The van der Waals surface area contributed by atoms with E-state index in [0.717, 1.165) is 0 Å². The highest BCUT2D eigenvalue weighted by Gasteiger charge is 2.47. The standard InChI is InChI=1S/C38H52N16O7/c1-4-6-30(55)49-28-19-54(3)32(50-28)38(61)52-29-20-53(2)31(51-29)37(60)45-14-12-43-34(57)25-16-24(25)33(56)42-11-13-44-35(58)27(15-23-18-41-21-46-23)48-36(59)26-8-5-7-22(47-26)17-40-10-9-39/h5,7-8,18-21,24-25,27,40H,4,6,9-17,39H2,1-3H3,(H,41,46)(H,42,56)(H,43,57)(H,44,58)(H,45,60)(H,48,59)(H,49,55)(H,52,61)/t24-,25-,27-/m0/s1. The summed E-state index contributed by atoms with van der Waals surface area (Å²) in [6.07, 6.45) is 7.45. The largest absolute Gasteiger partial charge is 0.354 e. The molecule has 23 heteroatoms. The molecule has 4 aromatic heterocycles. The van der Waals surface area contributed by atoms with Gasteiger partial charge in [-0.15, -0.1) is 0 Å². The second kappa shape index (κ2) is 21.8. The molecule has 5 rings (SSSR count). The molecule has 1 aliphatic rings. The molecule has 11 N–H and O–H groups in total. The van der Waals surface area contributed by atoms with Crippen LogP contribution in [-0.2, 0) is 46.2 Å². The fourth-order valence-electron chi connectivity index (χ4n) is 6.13. The van der Waals surface area contributed by atoms with Crippen molar-refractivity contribution in [1.29, 1.82) is 0 Å². The van der Waals surface area contributed by atoms with Gasteiger partial charge >= 0.3 is 0 Å². The zero-order chi connectivity index (χ0) is 43.9. The second-order valence-electron chi connectivity index (χ2n) is 14.2. The van der Waals surface area contributed by atoms with Crippen molar-refractivity contribution in [3.63, 3.8) is 0 Å². The van der Waals surface area contributed by atoms with Crippen LogP contribution in [0.1, 0.15) is 69.3 Å². The first-order chi connectivity index (χ1) is 29.4. The first-order valence-electron chi connectivity index (χ1n) is 19.8. The van der Waals surface area contributed by atoms with Crippen molar-refractivity contribution in [2.45, 2.75) is 45.2 Å². The highest BCUT2D eigenvalue weighted by molar-refractivity contribution is 6.02. The maximum Gasteiger partial charge on any atom is 0.292 e. The average molecular weight is 845 g/mol. The van der Waals surface area contributed by atoms with E-state index in [1.54, 1.807) is 38.5 Å². The molecule has 7 amide bonds. The Morgan fingerprint density at radius 3 is 2.08 bits per heavy atom. The summed E-state index contributed by atoms with van der Waals surface area (Å²) in [4.78, 5) is 109. The third kappa shape index (κ3) is 13.2. The average Bonchev–Trinajstić information content (AvgIpc) is 3.47. The van der Waals surface area contributed by atoms with Gasteiger partial charge in [0.05, 0.1) is 23.9 Å². The third-order valence-electron chi connectivity index (χ3n) is 9.31. The number of nitrogens with one attached hydrogen (secondary N) is 9. The Labute approximate surface area is 350 Å². The molecule has 1 saturated carbocycles. The van der Waals surface area contributed by atoms with Crippen molar-refractivity contribution in [2.75, 3.05) is 49.9 Å². The smallest absolute Gasteiger partial charge is 0.292 e. The van der Waals surface area contributed by atoms with Crippen LogP contribution in [0.15, 0.2) is 43.1 Å². The summed E-state index contributed by atoms with van der Waals surface area (Å²) in [5, 5.41) is 21.9. The molecule has 0 radical (unpaired) electrons. The number of hydrogen-bond donors (Lipinski definition) is 10. The maximum atomic E-state index is 13.2. The zero-order valence-corrected chi connectivity index (χ0v) is 34.2. The van der Waals surface area contributed by atoms with Crippen molar-refractivity contribution in [3.8, 4) is 0 Å². The number of anilines is 2. The van der Waals surface area contributed by atoms with Gasteiger partial charge in [0.25, 0.3) is 17.7 Å². The van der Waals surface area contributed by atoms with Crippen molar-refractivity contribution in [3.05, 3.63) is 71.8 Å². The fourth-order valence-corrected chi connectivity index (χ4v) is 6.13. The molecule has 4 aromatic rings. The summed E-state index contributed by atoms with van der Waals surface area (Å²) in [5.41, 5.74) is 6.93. The van der Waals surface area contributed by atoms with Gasteiger partial charge in [0.1, 0.15) is 11.7 Å². The predicted molar refractivity (Wildman–Crippen MR) is 219 cm³/mol. The topological polar surface area (TPSA) is 319 Å². The lowest BCUT2D eigenvalue weighted by Gasteiger charge is -2.18. The zero-order valence-electron chi connectivity index (χ0n) is 34.2. The molecule has 0 aromatic carbocycles. The van der Waals surface area contributed by atoms with Crippen LogP contribution >= 0.6 is 0 Å². The van der Waals surface area contributed by atoms with Gasteiger partial charge < -0.3 is 62.4 Å². The second-order valence-corrected chi connectivity index (χ2v) is 14.2.